The molecule has 0 aliphatic rings. The highest BCUT2D eigenvalue weighted by Gasteiger charge is 2.07. The highest BCUT2D eigenvalue weighted by Crippen LogP contribution is 2.11. The van der Waals surface area contributed by atoms with E-state index < -0.39 is 5.97 Å². The van der Waals surface area contributed by atoms with Gasteiger partial charge in [0, 0.05) is 18.3 Å². The first-order chi connectivity index (χ1) is 10.2. The Morgan fingerprint density at radius 2 is 1.76 bits per heavy atom. The molecule has 0 aliphatic heterocycles. The molecule has 1 aromatic carbocycles. The number of rotatable bonds is 8. The zero-order chi connectivity index (χ0) is 15.5. The lowest BCUT2D eigenvalue weighted by atomic mass is 10.1. The fraction of sp³-hybridized carbons (Fsp3) is 0.375. The average Bonchev–Trinajstić information content (AvgIpc) is 2.47. The van der Waals surface area contributed by atoms with E-state index in [9.17, 15) is 9.59 Å². The third kappa shape index (κ3) is 6.61. The van der Waals surface area contributed by atoms with Crippen molar-refractivity contribution in [3.8, 4) is 0 Å². The fourth-order valence-corrected chi connectivity index (χ4v) is 1.69. The van der Waals surface area contributed by atoms with Crippen molar-refractivity contribution < 1.29 is 19.1 Å². The van der Waals surface area contributed by atoms with Gasteiger partial charge >= 0.3 is 11.9 Å². The summed E-state index contributed by atoms with van der Waals surface area (Å²) >= 11 is 0. The van der Waals surface area contributed by atoms with Crippen LogP contribution in [0.1, 0.15) is 25.8 Å². The van der Waals surface area contributed by atoms with Crippen LogP contribution in [-0.2, 0) is 19.1 Å². The Morgan fingerprint density at radius 3 is 2.38 bits per heavy atom. The third-order valence-corrected chi connectivity index (χ3v) is 2.58. The lowest BCUT2D eigenvalue weighted by molar-refractivity contribution is -0.143. The second kappa shape index (κ2) is 9.58. The monoisotopic (exact) mass is 291 g/mol. The molecule has 0 heterocycles. The molecule has 5 heteroatoms. The molecule has 0 atom stereocenters. The normalized spacial score (nSPS) is 10.9. The lowest BCUT2D eigenvalue weighted by Crippen LogP contribution is -2.19. The number of benzene rings is 1. The van der Waals surface area contributed by atoms with E-state index >= 15 is 0 Å². The second-order valence-corrected chi connectivity index (χ2v) is 4.16. The van der Waals surface area contributed by atoms with E-state index in [1.54, 1.807) is 13.8 Å². The molecule has 114 valence electrons. The lowest BCUT2D eigenvalue weighted by Gasteiger charge is -2.11. The van der Waals surface area contributed by atoms with E-state index in [2.05, 4.69) is 5.32 Å². The molecule has 0 saturated heterocycles. The van der Waals surface area contributed by atoms with Crippen LogP contribution < -0.4 is 5.32 Å². The molecule has 1 N–H and O–H groups in total. The number of ether oxygens (including phenoxy) is 2. The van der Waals surface area contributed by atoms with Gasteiger partial charge in [0.05, 0.1) is 19.6 Å². The van der Waals surface area contributed by atoms with E-state index in [0.717, 1.165) is 5.56 Å². The van der Waals surface area contributed by atoms with Crippen LogP contribution in [0.15, 0.2) is 36.4 Å². The van der Waals surface area contributed by atoms with Gasteiger partial charge in [-0.3, -0.25) is 4.79 Å². The summed E-state index contributed by atoms with van der Waals surface area (Å²) in [6.45, 7) is 4.59. The Balaban J connectivity index is 2.69. The van der Waals surface area contributed by atoms with Crippen LogP contribution in [0.5, 0.6) is 0 Å². The summed E-state index contributed by atoms with van der Waals surface area (Å²) in [5.41, 5.74) is 1.48. The molecule has 0 spiro atoms. The van der Waals surface area contributed by atoms with Gasteiger partial charge in [0.1, 0.15) is 0 Å². The van der Waals surface area contributed by atoms with E-state index in [1.165, 1.54) is 6.08 Å². The molecule has 0 aliphatic carbocycles. The molecule has 0 radical (unpaired) electrons. The summed E-state index contributed by atoms with van der Waals surface area (Å²) in [5.74, 6) is -0.687. The predicted octanol–water partition coefficient (Wildman–Crippen LogP) is 2.13. The van der Waals surface area contributed by atoms with E-state index in [0.29, 0.717) is 25.5 Å². The van der Waals surface area contributed by atoms with Crippen LogP contribution in [0.25, 0.3) is 5.70 Å². The average molecular weight is 291 g/mol. The molecular formula is C16H21NO4. The Morgan fingerprint density at radius 1 is 1.10 bits per heavy atom. The zero-order valence-electron chi connectivity index (χ0n) is 12.4. The maximum Gasteiger partial charge on any atom is 0.332 e. The van der Waals surface area contributed by atoms with Gasteiger partial charge in [0.15, 0.2) is 0 Å². The first-order valence-electron chi connectivity index (χ1n) is 7.00. The molecule has 1 rings (SSSR count). The van der Waals surface area contributed by atoms with Crippen molar-refractivity contribution in [1.82, 2.24) is 5.32 Å². The first-order valence-corrected chi connectivity index (χ1v) is 7.00. The van der Waals surface area contributed by atoms with Crippen LogP contribution in [0.4, 0.5) is 0 Å². The predicted molar refractivity (Wildman–Crippen MR) is 80.3 cm³/mol. The molecule has 21 heavy (non-hydrogen) atoms. The molecule has 5 nitrogen and oxygen atoms in total. The summed E-state index contributed by atoms with van der Waals surface area (Å²) in [7, 11) is 0. The third-order valence-electron chi connectivity index (χ3n) is 2.58. The number of nitrogens with one attached hydrogen (secondary N) is 1. The number of hydrogen-bond donors (Lipinski definition) is 1. The maximum atomic E-state index is 11.6. The Kier molecular flexibility index (Phi) is 7.64. The SMILES string of the molecule is CCOC(=O)/C=C(\NCCC(=O)OCC)c1ccccc1. The quantitative estimate of drug-likeness (QED) is 0.587. The van der Waals surface area contributed by atoms with Gasteiger partial charge in [-0.05, 0) is 19.4 Å². The second-order valence-electron chi connectivity index (χ2n) is 4.16. The minimum Gasteiger partial charge on any atom is -0.466 e. The van der Waals surface area contributed by atoms with Crippen molar-refractivity contribution >= 4 is 17.6 Å². The van der Waals surface area contributed by atoms with Crippen LogP contribution in [0, 0.1) is 0 Å². The maximum absolute atomic E-state index is 11.6. The number of esters is 2. The van der Waals surface area contributed by atoms with Crippen LogP contribution in [0.2, 0.25) is 0 Å². The van der Waals surface area contributed by atoms with Crippen molar-refractivity contribution in [2.45, 2.75) is 20.3 Å². The highest BCUT2D eigenvalue weighted by molar-refractivity contribution is 5.90. The fourth-order valence-electron chi connectivity index (χ4n) is 1.69. The van der Waals surface area contributed by atoms with Crippen molar-refractivity contribution in [2.75, 3.05) is 19.8 Å². The van der Waals surface area contributed by atoms with Gasteiger partial charge in [-0.1, -0.05) is 30.3 Å². The molecule has 0 aromatic heterocycles. The van der Waals surface area contributed by atoms with Crippen molar-refractivity contribution in [3.05, 3.63) is 42.0 Å². The summed E-state index contributed by atoms with van der Waals surface area (Å²) in [6, 6.07) is 9.40. The van der Waals surface area contributed by atoms with Crippen molar-refractivity contribution in [3.63, 3.8) is 0 Å². The van der Waals surface area contributed by atoms with E-state index in [-0.39, 0.29) is 12.4 Å². The standard InChI is InChI=1S/C16H21NO4/c1-3-20-15(18)10-11-17-14(12-16(19)21-4-2)13-8-6-5-7-9-13/h5-9,12,17H,3-4,10-11H2,1-2H3/b14-12-. The molecular weight excluding hydrogens is 270 g/mol. The molecule has 0 unspecified atom stereocenters. The van der Waals surface area contributed by atoms with E-state index in [4.69, 9.17) is 9.47 Å². The Hall–Kier alpha value is -2.30. The minimum atomic E-state index is -0.417. The zero-order valence-corrected chi connectivity index (χ0v) is 12.4. The van der Waals surface area contributed by atoms with E-state index in [1.807, 2.05) is 30.3 Å². The Labute approximate surface area is 124 Å². The summed E-state index contributed by atoms with van der Waals surface area (Å²) in [6.07, 6.45) is 1.63. The highest BCUT2D eigenvalue weighted by atomic mass is 16.5. The van der Waals surface area contributed by atoms with Gasteiger partial charge in [-0.2, -0.15) is 0 Å². The molecule has 1 aromatic rings. The van der Waals surface area contributed by atoms with Crippen molar-refractivity contribution in [1.29, 1.82) is 0 Å². The molecule has 0 amide bonds. The number of carbonyl (C=O) groups excluding carboxylic acids is 2. The summed E-state index contributed by atoms with van der Waals surface area (Å²) < 4.78 is 9.77. The Bertz CT molecular complexity index is 482. The minimum absolute atomic E-state index is 0.237. The largest absolute Gasteiger partial charge is 0.466 e. The number of carbonyl (C=O) groups is 2. The summed E-state index contributed by atoms with van der Waals surface area (Å²) in [5, 5.41) is 3.07. The number of hydrogen-bond acceptors (Lipinski definition) is 5. The molecule has 0 fully saturated rings. The van der Waals surface area contributed by atoms with Gasteiger partial charge in [-0.25, -0.2) is 4.79 Å². The molecule has 0 saturated carbocycles. The van der Waals surface area contributed by atoms with Gasteiger partial charge < -0.3 is 14.8 Å². The smallest absolute Gasteiger partial charge is 0.332 e. The van der Waals surface area contributed by atoms with Crippen LogP contribution >= 0.6 is 0 Å². The van der Waals surface area contributed by atoms with Gasteiger partial charge in [0.25, 0.3) is 0 Å². The topological polar surface area (TPSA) is 64.6 Å². The van der Waals surface area contributed by atoms with Crippen LogP contribution in [0.3, 0.4) is 0 Å². The van der Waals surface area contributed by atoms with Gasteiger partial charge in [-0.15, -0.1) is 0 Å². The molecule has 0 bridgehead atoms. The van der Waals surface area contributed by atoms with Gasteiger partial charge in [0.2, 0.25) is 0 Å². The van der Waals surface area contributed by atoms with Crippen molar-refractivity contribution in [2.24, 2.45) is 0 Å². The van der Waals surface area contributed by atoms with Crippen LogP contribution in [-0.4, -0.2) is 31.7 Å². The first kappa shape index (κ1) is 16.8. The summed E-state index contributed by atoms with van der Waals surface area (Å²) in [4.78, 5) is 22.9.